The number of hydrogen-bond acceptors (Lipinski definition) is 4. The molecule has 150 valence electrons. The maximum absolute atomic E-state index is 12.9. The van der Waals surface area contributed by atoms with Gasteiger partial charge in [-0.05, 0) is 29.3 Å². The van der Waals surface area contributed by atoms with E-state index in [1.165, 1.54) is 15.6 Å². The lowest BCUT2D eigenvalue weighted by molar-refractivity contribution is -0.159. The molecule has 0 aromatic heterocycles. The first-order chi connectivity index (χ1) is 13.3. The SMILES string of the molecule is Fc1ccc(CN2CCN(Cc3ccccc3Br)CC2)cc1.O=C(O)C(=O)O. The third-order valence-corrected chi connectivity index (χ3v) is 5.09. The van der Waals surface area contributed by atoms with Gasteiger partial charge in [-0.15, -0.1) is 0 Å². The van der Waals surface area contributed by atoms with Crippen LogP contribution in [-0.4, -0.2) is 58.1 Å². The van der Waals surface area contributed by atoms with Gasteiger partial charge >= 0.3 is 11.9 Å². The van der Waals surface area contributed by atoms with Crippen LogP contribution in [0.5, 0.6) is 0 Å². The predicted molar refractivity (Wildman–Crippen MR) is 106 cm³/mol. The highest BCUT2D eigenvalue weighted by Gasteiger charge is 2.17. The minimum atomic E-state index is -1.82. The first-order valence-corrected chi connectivity index (χ1v) is 9.53. The summed E-state index contributed by atoms with van der Waals surface area (Å²) in [5.74, 6) is -3.81. The van der Waals surface area contributed by atoms with Gasteiger partial charge in [0.2, 0.25) is 0 Å². The lowest BCUT2D eigenvalue weighted by Gasteiger charge is -2.34. The lowest BCUT2D eigenvalue weighted by atomic mass is 10.1. The van der Waals surface area contributed by atoms with Gasteiger partial charge < -0.3 is 10.2 Å². The minimum Gasteiger partial charge on any atom is -0.473 e. The standard InChI is InChI=1S/C18H20BrFN2.C2H2O4/c19-18-4-2-1-3-16(18)14-22-11-9-21(10-12-22)13-15-5-7-17(20)8-6-15;3-1(4)2(5)6/h1-8H,9-14H2;(H,3,4)(H,5,6). The molecule has 2 aromatic carbocycles. The zero-order chi connectivity index (χ0) is 20.5. The summed E-state index contributed by atoms with van der Waals surface area (Å²) in [6.07, 6.45) is 0. The smallest absolute Gasteiger partial charge is 0.414 e. The molecule has 28 heavy (non-hydrogen) atoms. The van der Waals surface area contributed by atoms with E-state index in [-0.39, 0.29) is 5.82 Å². The first-order valence-electron chi connectivity index (χ1n) is 8.74. The van der Waals surface area contributed by atoms with E-state index in [1.54, 1.807) is 12.1 Å². The number of nitrogens with zero attached hydrogens (tertiary/aromatic N) is 2. The Morgan fingerprint density at radius 3 is 1.86 bits per heavy atom. The van der Waals surface area contributed by atoms with Gasteiger partial charge in [-0.3, -0.25) is 9.80 Å². The second-order valence-electron chi connectivity index (χ2n) is 6.38. The summed E-state index contributed by atoms with van der Waals surface area (Å²) in [4.78, 5) is 23.1. The number of carboxylic acids is 2. The van der Waals surface area contributed by atoms with Crippen molar-refractivity contribution < 1.29 is 24.2 Å². The fourth-order valence-electron chi connectivity index (χ4n) is 2.82. The monoisotopic (exact) mass is 452 g/mol. The van der Waals surface area contributed by atoms with E-state index in [1.807, 2.05) is 18.2 Å². The van der Waals surface area contributed by atoms with Gasteiger partial charge in [0, 0.05) is 43.7 Å². The molecule has 1 heterocycles. The summed E-state index contributed by atoms with van der Waals surface area (Å²) >= 11 is 3.62. The summed E-state index contributed by atoms with van der Waals surface area (Å²) in [6, 6.07) is 15.2. The van der Waals surface area contributed by atoms with Crippen molar-refractivity contribution in [3.63, 3.8) is 0 Å². The molecule has 1 aliphatic heterocycles. The Labute approximate surface area is 171 Å². The van der Waals surface area contributed by atoms with Crippen LogP contribution in [0.25, 0.3) is 0 Å². The maximum atomic E-state index is 12.9. The van der Waals surface area contributed by atoms with Gasteiger partial charge in [0.05, 0.1) is 0 Å². The first kappa shape index (κ1) is 22.0. The Morgan fingerprint density at radius 1 is 0.857 bits per heavy atom. The number of piperazine rings is 1. The highest BCUT2D eigenvalue weighted by atomic mass is 79.9. The van der Waals surface area contributed by atoms with E-state index in [4.69, 9.17) is 19.8 Å². The van der Waals surface area contributed by atoms with Crippen molar-refractivity contribution in [3.05, 3.63) is 69.9 Å². The normalized spacial score (nSPS) is 14.8. The van der Waals surface area contributed by atoms with E-state index in [0.29, 0.717) is 0 Å². The third-order valence-electron chi connectivity index (χ3n) is 4.32. The van der Waals surface area contributed by atoms with Gasteiger partial charge in [0.15, 0.2) is 0 Å². The number of carbonyl (C=O) groups is 2. The van der Waals surface area contributed by atoms with Gasteiger partial charge in [0.1, 0.15) is 5.82 Å². The Kier molecular flexibility index (Phi) is 8.56. The van der Waals surface area contributed by atoms with Crippen LogP contribution >= 0.6 is 15.9 Å². The quantitative estimate of drug-likeness (QED) is 0.693. The van der Waals surface area contributed by atoms with Crippen LogP contribution in [0.1, 0.15) is 11.1 Å². The largest absolute Gasteiger partial charge is 0.473 e. The highest BCUT2D eigenvalue weighted by Crippen LogP contribution is 2.19. The van der Waals surface area contributed by atoms with Crippen LogP contribution < -0.4 is 0 Å². The van der Waals surface area contributed by atoms with Crippen molar-refractivity contribution in [1.29, 1.82) is 0 Å². The number of hydrogen-bond donors (Lipinski definition) is 2. The fourth-order valence-corrected chi connectivity index (χ4v) is 3.23. The second-order valence-corrected chi connectivity index (χ2v) is 7.23. The zero-order valence-electron chi connectivity index (χ0n) is 15.2. The molecule has 2 aromatic rings. The van der Waals surface area contributed by atoms with Crippen molar-refractivity contribution in [2.75, 3.05) is 26.2 Å². The Bertz CT molecular complexity index is 781. The van der Waals surface area contributed by atoms with Crippen molar-refractivity contribution in [1.82, 2.24) is 9.80 Å². The average molecular weight is 453 g/mol. The number of rotatable bonds is 4. The molecule has 1 saturated heterocycles. The molecule has 0 unspecified atom stereocenters. The van der Waals surface area contributed by atoms with E-state index in [9.17, 15) is 4.39 Å². The fraction of sp³-hybridized carbons (Fsp3) is 0.300. The van der Waals surface area contributed by atoms with Crippen LogP contribution in [0.15, 0.2) is 53.0 Å². The van der Waals surface area contributed by atoms with E-state index in [0.717, 1.165) is 39.3 Å². The molecule has 3 rings (SSSR count). The number of aliphatic carboxylic acids is 2. The minimum absolute atomic E-state index is 0.165. The highest BCUT2D eigenvalue weighted by molar-refractivity contribution is 9.10. The summed E-state index contributed by atoms with van der Waals surface area (Å²) < 4.78 is 14.1. The Balaban J connectivity index is 0.000000409. The van der Waals surface area contributed by atoms with Crippen LogP contribution in [0.2, 0.25) is 0 Å². The van der Waals surface area contributed by atoms with Crippen LogP contribution in [0.4, 0.5) is 4.39 Å². The van der Waals surface area contributed by atoms with Crippen molar-refractivity contribution in [2.24, 2.45) is 0 Å². The van der Waals surface area contributed by atoms with Gasteiger partial charge in [-0.25, -0.2) is 14.0 Å². The van der Waals surface area contributed by atoms with Crippen LogP contribution in [-0.2, 0) is 22.7 Å². The molecule has 1 fully saturated rings. The molecule has 0 spiro atoms. The van der Waals surface area contributed by atoms with E-state index in [2.05, 4.69) is 43.9 Å². The molecule has 2 N–H and O–H groups in total. The van der Waals surface area contributed by atoms with Gasteiger partial charge in [-0.2, -0.15) is 0 Å². The molecule has 0 aliphatic carbocycles. The molecule has 6 nitrogen and oxygen atoms in total. The Morgan fingerprint density at radius 2 is 1.36 bits per heavy atom. The molecule has 0 radical (unpaired) electrons. The number of halogens is 2. The molecule has 0 amide bonds. The average Bonchev–Trinajstić information content (AvgIpc) is 2.67. The van der Waals surface area contributed by atoms with Gasteiger partial charge in [0.25, 0.3) is 0 Å². The molecule has 1 aliphatic rings. The summed E-state index contributed by atoms with van der Waals surface area (Å²) in [7, 11) is 0. The van der Waals surface area contributed by atoms with Crippen molar-refractivity contribution in [2.45, 2.75) is 13.1 Å². The summed E-state index contributed by atoms with van der Waals surface area (Å²) in [5.41, 5.74) is 2.52. The van der Waals surface area contributed by atoms with Crippen molar-refractivity contribution >= 4 is 27.9 Å². The number of carboxylic acid groups (broad SMARTS) is 2. The lowest BCUT2D eigenvalue weighted by Crippen LogP contribution is -2.45. The molecular weight excluding hydrogens is 431 g/mol. The predicted octanol–water partition coefficient (Wildman–Crippen LogP) is 3.06. The topological polar surface area (TPSA) is 81.1 Å². The second kappa shape index (κ2) is 10.9. The molecule has 8 heteroatoms. The maximum Gasteiger partial charge on any atom is 0.414 e. The summed E-state index contributed by atoms with van der Waals surface area (Å²) in [6.45, 7) is 6.16. The third kappa shape index (κ3) is 7.38. The molecule has 0 atom stereocenters. The van der Waals surface area contributed by atoms with Crippen molar-refractivity contribution in [3.8, 4) is 0 Å². The number of benzene rings is 2. The summed E-state index contributed by atoms with van der Waals surface area (Å²) in [5, 5.41) is 14.8. The zero-order valence-corrected chi connectivity index (χ0v) is 16.8. The van der Waals surface area contributed by atoms with Crippen LogP contribution in [0.3, 0.4) is 0 Å². The molecule has 0 saturated carbocycles. The molecule has 0 bridgehead atoms. The van der Waals surface area contributed by atoms with E-state index >= 15 is 0 Å². The van der Waals surface area contributed by atoms with Gasteiger partial charge in [-0.1, -0.05) is 46.3 Å². The molecular formula is C20H22BrFN2O4. The Hall–Kier alpha value is -2.29. The van der Waals surface area contributed by atoms with E-state index < -0.39 is 11.9 Å². The van der Waals surface area contributed by atoms with Crippen LogP contribution in [0, 0.1) is 5.82 Å².